The third-order valence-electron chi connectivity index (χ3n) is 5.80. The molecule has 10 heteroatoms. The molecule has 0 radical (unpaired) electrons. The number of fused-ring (bicyclic) bond motifs is 1. The quantitative estimate of drug-likeness (QED) is 0.407. The highest BCUT2D eigenvalue weighted by Gasteiger charge is 2.28. The van der Waals surface area contributed by atoms with Crippen LogP contribution in [0, 0.1) is 5.82 Å². The Bertz CT molecular complexity index is 1220. The van der Waals surface area contributed by atoms with Gasteiger partial charge in [0.1, 0.15) is 17.0 Å². The summed E-state index contributed by atoms with van der Waals surface area (Å²) in [7, 11) is 1.38. The number of amides is 2. The summed E-state index contributed by atoms with van der Waals surface area (Å²) in [6, 6.07) is 7.97. The second kappa shape index (κ2) is 10.0. The number of ketones is 1. The van der Waals surface area contributed by atoms with Crippen molar-refractivity contribution in [2.75, 3.05) is 39.8 Å². The fourth-order valence-electron chi connectivity index (χ4n) is 3.98. The SMILES string of the molecule is CCOc1nc2[nH]cc(C(=O)C(=O)NC)c2cc1C(=O)N1CCN(Cc2ccc(F)cc2)CC1. The zero-order valence-corrected chi connectivity index (χ0v) is 19.1. The molecule has 34 heavy (non-hydrogen) atoms. The van der Waals surface area contributed by atoms with E-state index >= 15 is 0 Å². The van der Waals surface area contributed by atoms with Gasteiger partial charge in [0.25, 0.3) is 17.6 Å². The van der Waals surface area contributed by atoms with Crippen molar-refractivity contribution >= 4 is 28.6 Å². The number of hydrogen-bond donors (Lipinski definition) is 2. The van der Waals surface area contributed by atoms with Crippen molar-refractivity contribution in [2.45, 2.75) is 13.5 Å². The Morgan fingerprint density at radius 2 is 1.82 bits per heavy atom. The van der Waals surface area contributed by atoms with E-state index in [1.807, 2.05) is 0 Å². The van der Waals surface area contributed by atoms with Gasteiger partial charge in [0, 0.05) is 51.4 Å². The number of nitrogens with one attached hydrogen (secondary N) is 2. The summed E-state index contributed by atoms with van der Waals surface area (Å²) >= 11 is 0. The molecule has 4 rings (SSSR count). The lowest BCUT2D eigenvalue weighted by Crippen LogP contribution is -2.48. The molecule has 2 aromatic heterocycles. The van der Waals surface area contributed by atoms with Gasteiger partial charge in [0.15, 0.2) is 0 Å². The summed E-state index contributed by atoms with van der Waals surface area (Å²) in [5, 5.41) is 2.70. The van der Waals surface area contributed by atoms with Gasteiger partial charge in [-0.05, 0) is 30.7 Å². The number of hydrogen-bond acceptors (Lipinski definition) is 6. The highest BCUT2D eigenvalue weighted by atomic mass is 19.1. The van der Waals surface area contributed by atoms with Crippen molar-refractivity contribution in [3.63, 3.8) is 0 Å². The number of carbonyl (C=O) groups is 3. The van der Waals surface area contributed by atoms with Crippen LogP contribution in [0.4, 0.5) is 4.39 Å². The molecule has 1 saturated heterocycles. The third kappa shape index (κ3) is 4.76. The Morgan fingerprint density at radius 1 is 1.12 bits per heavy atom. The second-order valence-electron chi connectivity index (χ2n) is 7.98. The minimum absolute atomic E-state index is 0.142. The van der Waals surface area contributed by atoms with E-state index in [1.54, 1.807) is 30.0 Å². The van der Waals surface area contributed by atoms with Gasteiger partial charge < -0.3 is 19.9 Å². The summed E-state index contributed by atoms with van der Waals surface area (Å²) < 4.78 is 18.8. The first-order valence-corrected chi connectivity index (χ1v) is 11.1. The Labute approximate surface area is 195 Å². The van der Waals surface area contributed by atoms with E-state index in [4.69, 9.17) is 4.74 Å². The molecule has 3 aromatic rings. The zero-order valence-electron chi connectivity index (χ0n) is 19.1. The molecule has 2 amide bonds. The number of carbonyl (C=O) groups excluding carboxylic acids is 3. The Hall–Kier alpha value is -3.79. The predicted octanol–water partition coefficient (Wildman–Crippen LogP) is 1.99. The lowest BCUT2D eigenvalue weighted by molar-refractivity contribution is -0.116. The maximum atomic E-state index is 13.4. The molecular weight excluding hydrogens is 441 g/mol. The van der Waals surface area contributed by atoms with Crippen molar-refractivity contribution in [3.8, 4) is 5.88 Å². The maximum Gasteiger partial charge on any atom is 0.292 e. The fourth-order valence-corrected chi connectivity index (χ4v) is 3.98. The molecule has 0 unspecified atom stereocenters. The van der Waals surface area contributed by atoms with Gasteiger partial charge in [-0.2, -0.15) is 4.98 Å². The first-order valence-electron chi connectivity index (χ1n) is 11.1. The fraction of sp³-hybridized carbons (Fsp3) is 0.333. The molecule has 1 fully saturated rings. The molecule has 178 valence electrons. The summed E-state index contributed by atoms with van der Waals surface area (Å²) in [4.78, 5) is 48.9. The van der Waals surface area contributed by atoms with E-state index in [2.05, 4.69) is 20.2 Å². The van der Waals surface area contributed by atoms with Gasteiger partial charge in [-0.3, -0.25) is 19.3 Å². The van der Waals surface area contributed by atoms with Gasteiger partial charge in [0.2, 0.25) is 5.88 Å². The van der Waals surface area contributed by atoms with Crippen LogP contribution in [0.5, 0.6) is 5.88 Å². The van der Waals surface area contributed by atoms with E-state index in [9.17, 15) is 18.8 Å². The normalized spacial score (nSPS) is 14.3. The molecule has 1 aliphatic rings. The molecule has 0 aliphatic carbocycles. The monoisotopic (exact) mass is 467 g/mol. The Morgan fingerprint density at radius 3 is 2.47 bits per heavy atom. The van der Waals surface area contributed by atoms with Gasteiger partial charge in [-0.25, -0.2) is 4.39 Å². The average molecular weight is 468 g/mol. The van der Waals surface area contributed by atoms with Crippen LogP contribution in [0.25, 0.3) is 11.0 Å². The van der Waals surface area contributed by atoms with Crippen LogP contribution in [0.3, 0.4) is 0 Å². The molecule has 1 aromatic carbocycles. The second-order valence-corrected chi connectivity index (χ2v) is 7.98. The van der Waals surface area contributed by atoms with E-state index in [-0.39, 0.29) is 28.7 Å². The molecular formula is C24H26FN5O4. The first kappa shape index (κ1) is 23.4. The van der Waals surface area contributed by atoms with Crippen molar-refractivity contribution in [1.29, 1.82) is 0 Å². The number of pyridine rings is 1. The number of piperazine rings is 1. The van der Waals surface area contributed by atoms with Crippen molar-refractivity contribution in [1.82, 2.24) is 25.1 Å². The molecule has 9 nitrogen and oxygen atoms in total. The Kier molecular flexibility index (Phi) is 6.87. The van der Waals surface area contributed by atoms with Gasteiger partial charge in [0.05, 0.1) is 12.2 Å². The first-order chi connectivity index (χ1) is 16.4. The third-order valence-corrected chi connectivity index (χ3v) is 5.80. The molecule has 2 N–H and O–H groups in total. The minimum atomic E-state index is -0.750. The molecule has 0 atom stereocenters. The summed E-state index contributed by atoms with van der Waals surface area (Å²) in [5.41, 5.74) is 1.75. The van der Waals surface area contributed by atoms with Crippen molar-refractivity contribution in [3.05, 3.63) is 59.0 Å². The number of H-pyrrole nitrogens is 1. The van der Waals surface area contributed by atoms with Crippen molar-refractivity contribution < 1.29 is 23.5 Å². The van der Waals surface area contributed by atoms with E-state index in [0.29, 0.717) is 50.4 Å². The van der Waals surface area contributed by atoms with Crippen LogP contribution in [0.1, 0.15) is 33.2 Å². The summed E-state index contributed by atoms with van der Waals surface area (Å²) in [6.45, 7) is 5.11. The maximum absolute atomic E-state index is 13.4. The van der Waals surface area contributed by atoms with Crippen molar-refractivity contribution in [2.24, 2.45) is 0 Å². The predicted molar refractivity (Wildman–Crippen MR) is 123 cm³/mol. The lowest BCUT2D eigenvalue weighted by Gasteiger charge is -2.35. The average Bonchev–Trinajstić information content (AvgIpc) is 3.27. The highest BCUT2D eigenvalue weighted by Crippen LogP contribution is 2.27. The number of rotatable bonds is 7. The van der Waals surface area contributed by atoms with Gasteiger partial charge in [-0.1, -0.05) is 12.1 Å². The van der Waals surface area contributed by atoms with Gasteiger partial charge in [-0.15, -0.1) is 0 Å². The number of benzene rings is 1. The van der Waals surface area contributed by atoms with Crippen LogP contribution in [-0.2, 0) is 11.3 Å². The largest absolute Gasteiger partial charge is 0.477 e. The summed E-state index contributed by atoms with van der Waals surface area (Å²) in [6.07, 6.45) is 1.41. The van der Waals surface area contributed by atoms with Crippen LogP contribution in [0.15, 0.2) is 36.5 Å². The number of halogens is 1. The molecule has 0 spiro atoms. The number of nitrogens with zero attached hydrogens (tertiary/aromatic N) is 3. The van der Waals surface area contributed by atoms with Crippen LogP contribution in [-0.4, -0.2) is 77.2 Å². The van der Waals surface area contributed by atoms with Crippen LogP contribution >= 0.6 is 0 Å². The van der Waals surface area contributed by atoms with Gasteiger partial charge >= 0.3 is 0 Å². The zero-order chi connectivity index (χ0) is 24.2. The van der Waals surface area contributed by atoms with Crippen LogP contribution < -0.4 is 10.1 Å². The Balaban J connectivity index is 1.54. The van der Waals surface area contributed by atoms with E-state index < -0.39 is 11.7 Å². The molecule has 0 saturated carbocycles. The lowest BCUT2D eigenvalue weighted by atomic mass is 10.1. The summed E-state index contributed by atoms with van der Waals surface area (Å²) in [5.74, 6) is -1.81. The number of aromatic nitrogens is 2. The number of likely N-dealkylation sites (N-methyl/N-ethyl adjacent to an activating group) is 1. The molecule has 1 aliphatic heterocycles. The number of aromatic amines is 1. The topological polar surface area (TPSA) is 108 Å². The molecule has 0 bridgehead atoms. The highest BCUT2D eigenvalue weighted by molar-refractivity contribution is 6.44. The van der Waals surface area contributed by atoms with Crippen LogP contribution in [0.2, 0.25) is 0 Å². The van der Waals surface area contributed by atoms with E-state index in [1.165, 1.54) is 25.4 Å². The smallest absolute Gasteiger partial charge is 0.292 e. The molecule has 3 heterocycles. The number of ether oxygens (including phenoxy) is 1. The number of Topliss-reactive ketones (excluding diaryl/α,β-unsaturated/α-hetero) is 1. The minimum Gasteiger partial charge on any atom is -0.477 e. The standard InChI is InChI=1S/C24H26FN5O4/c1-3-34-23-18(12-17-19(13-27-21(17)28-23)20(31)22(32)26-2)24(33)30-10-8-29(9-11-30)14-15-4-6-16(25)7-5-15/h4-7,12-13H,3,8-11,14H2,1-2H3,(H,26,32)(H,27,28). The van der Waals surface area contributed by atoms with E-state index in [0.717, 1.165) is 5.56 Å².